The van der Waals surface area contributed by atoms with Crippen molar-refractivity contribution < 1.29 is 26.6 Å². The van der Waals surface area contributed by atoms with Gasteiger partial charge in [-0.1, -0.05) is 0 Å². The summed E-state index contributed by atoms with van der Waals surface area (Å²) < 4.78 is 0. The SMILES string of the molecule is Cc1c([NH3+])cc([NH+]([O-])O)cc1[NH+]([O-])O. The summed E-state index contributed by atoms with van der Waals surface area (Å²) in [6.45, 7) is 1.59. The third kappa shape index (κ3) is 2.05. The summed E-state index contributed by atoms with van der Waals surface area (Å²) in [5.74, 6) is 0. The second-order valence-corrected chi connectivity index (χ2v) is 2.92. The van der Waals surface area contributed by atoms with E-state index >= 15 is 0 Å². The third-order valence-electron chi connectivity index (χ3n) is 1.99. The highest BCUT2D eigenvalue weighted by Gasteiger charge is 2.16. The number of rotatable bonds is 2. The molecule has 0 spiro atoms. The van der Waals surface area contributed by atoms with E-state index in [1.54, 1.807) is 6.92 Å². The van der Waals surface area contributed by atoms with Crippen LogP contribution < -0.4 is 16.2 Å². The standard InChI is InChI=1S/C7H11N3O4/c1-4-6(8)2-5(9(11)12)3-7(4)10(13)14/h2-3,9-11,13H,8H2,1H3/p+1. The highest BCUT2D eigenvalue weighted by atomic mass is 16.8. The predicted octanol–water partition coefficient (Wildman–Crippen LogP) is -2.32. The zero-order chi connectivity index (χ0) is 10.9. The van der Waals surface area contributed by atoms with Crippen LogP contribution in [0.1, 0.15) is 5.56 Å². The van der Waals surface area contributed by atoms with Crippen molar-refractivity contribution in [2.45, 2.75) is 6.92 Å². The van der Waals surface area contributed by atoms with Crippen LogP contribution >= 0.6 is 0 Å². The van der Waals surface area contributed by atoms with E-state index in [0.29, 0.717) is 11.3 Å². The van der Waals surface area contributed by atoms with E-state index in [0.717, 1.165) is 6.07 Å². The maximum absolute atomic E-state index is 10.7. The molecule has 0 aromatic heterocycles. The van der Waals surface area contributed by atoms with E-state index in [4.69, 9.17) is 10.4 Å². The van der Waals surface area contributed by atoms with E-state index < -0.39 is 10.5 Å². The molecule has 0 saturated carbocycles. The molecular weight excluding hydrogens is 190 g/mol. The lowest BCUT2D eigenvalue weighted by Gasteiger charge is -2.17. The van der Waals surface area contributed by atoms with Crippen molar-refractivity contribution in [1.82, 2.24) is 0 Å². The van der Waals surface area contributed by atoms with E-state index in [1.807, 2.05) is 0 Å². The molecule has 1 aromatic rings. The Morgan fingerprint density at radius 3 is 2.21 bits per heavy atom. The fraction of sp³-hybridized carbons (Fsp3) is 0.143. The van der Waals surface area contributed by atoms with Crippen LogP contribution in [-0.2, 0) is 0 Å². The minimum atomic E-state index is -1.16. The summed E-state index contributed by atoms with van der Waals surface area (Å²) in [5.41, 5.74) is 4.41. The Kier molecular flexibility index (Phi) is 3.13. The molecule has 0 bridgehead atoms. The molecule has 2 atom stereocenters. The van der Waals surface area contributed by atoms with E-state index in [1.165, 1.54) is 6.07 Å². The van der Waals surface area contributed by atoms with Crippen LogP contribution in [0.25, 0.3) is 0 Å². The van der Waals surface area contributed by atoms with Gasteiger partial charge in [-0.25, -0.2) is 10.4 Å². The molecule has 0 heterocycles. The zero-order valence-corrected chi connectivity index (χ0v) is 7.57. The Balaban J connectivity index is 3.28. The van der Waals surface area contributed by atoms with Gasteiger partial charge in [0.25, 0.3) is 0 Å². The maximum atomic E-state index is 10.7. The summed E-state index contributed by atoms with van der Waals surface area (Å²) in [4.78, 5) is 0. The normalized spacial score (nSPS) is 15.3. The lowest BCUT2D eigenvalue weighted by atomic mass is 10.1. The van der Waals surface area contributed by atoms with Gasteiger partial charge in [0.1, 0.15) is 5.69 Å². The molecule has 2 unspecified atom stereocenters. The Hall–Kier alpha value is -1.06. The number of benzene rings is 1. The van der Waals surface area contributed by atoms with Gasteiger partial charge < -0.3 is 16.1 Å². The van der Waals surface area contributed by atoms with Crippen molar-refractivity contribution in [2.75, 3.05) is 0 Å². The molecular formula is C7H12N3O4+. The topological polar surface area (TPSA) is 123 Å². The first-order valence-corrected chi connectivity index (χ1v) is 3.86. The van der Waals surface area contributed by atoms with Crippen LogP contribution in [0.4, 0.5) is 17.1 Å². The van der Waals surface area contributed by atoms with Crippen molar-refractivity contribution in [3.8, 4) is 0 Å². The quantitative estimate of drug-likeness (QED) is 0.345. The van der Waals surface area contributed by atoms with Crippen LogP contribution in [0, 0.1) is 17.3 Å². The van der Waals surface area contributed by atoms with Gasteiger partial charge in [0.15, 0.2) is 11.4 Å². The first kappa shape index (κ1) is 11.0. The molecule has 7 N–H and O–H groups in total. The van der Waals surface area contributed by atoms with Crippen LogP contribution in [0.3, 0.4) is 0 Å². The molecule has 1 rings (SSSR count). The molecule has 0 aliphatic heterocycles. The Morgan fingerprint density at radius 1 is 1.21 bits per heavy atom. The molecule has 14 heavy (non-hydrogen) atoms. The molecule has 0 amide bonds. The van der Waals surface area contributed by atoms with E-state index in [-0.39, 0.29) is 11.4 Å². The van der Waals surface area contributed by atoms with Crippen molar-refractivity contribution in [3.63, 3.8) is 0 Å². The molecule has 0 saturated heterocycles. The average molecular weight is 202 g/mol. The molecule has 7 heteroatoms. The smallest absolute Gasteiger partial charge is 0.178 e. The third-order valence-corrected chi connectivity index (χ3v) is 1.99. The van der Waals surface area contributed by atoms with Gasteiger partial charge in [-0.3, -0.25) is 0 Å². The maximum Gasteiger partial charge on any atom is 0.178 e. The molecule has 7 nitrogen and oxygen atoms in total. The predicted molar refractivity (Wildman–Crippen MR) is 45.3 cm³/mol. The zero-order valence-electron chi connectivity index (χ0n) is 7.57. The average Bonchev–Trinajstić information content (AvgIpc) is 2.08. The first-order valence-electron chi connectivity index (χ1n) is 3.86. The van der Waals surface area contributed by atoms with Gasteiger partial charge in [-0.2, -0.15) is 10.5 Å². The second kappa shape index (κ2) is 3.98. The lowest BCUT2D eigenvalue weighted by Crippen LogP contribution is -3.01. The van der Waals surface area contributed by atoms with Gasteiger partial charge in [-0.15, -0.1) is 0 Å². The largest absolute Gasteiger partial charge is 0.595 e. The molecule has 0 aliphatic rings. The van der Waals surface area contributed by atoms with Gasteiger partial charge in [0.05, 0.1) is 17.7 Å². The summed E-state index contributed by atoms with van der Waals surface area (Å²) in [7, 11) is 0. The molecule has 0 fully saturated rings. The van der Waals surface area contributed by atoms with Crippen molar-refractivity contribution >= 4 is 17.1 Å². The summed E-state index contributed by atoms with van der Waals surface area (Å²) in [6.07, 6.45) is 0. The monoisotopic (exact) mass is 202 g/mol. The highest BCUT2D eigenvalue weighted by molar-refractivity contribution is 5.58. The highest BCUT2D eigenvalue weighted by Crippen LogP contribution is 2.20. The van der Waals surface area contributed by atoms with Crippen LogP contribution in [0.5, 0.6) is 0 Å². The number of quaternary nitrogens is 3. The molecule has 78 valence electrons. The van der Waals surface area contributed by atoms with Gasteiger partial charge in [-0.05, 0) is 6.92 Å². The number of hydrogen-bond donors (Lipinski definition) is 5. The van der Waals surface area contributed by atoms with Crippen LogP contribution in [0.15, 0.2) is 12.1 Å². The van der Waals surface area contributed by atoms with Crippen molar-refractivity contribution in [1.29, 1.82) is 0 Å². The van der Waals surface area contributed by atoms with Gasteiger partial charge in [0, 0.05) is 0 Å². The Bertz CT molecular complexity index is 340. The molecule has 0 radical (unpaired) electrons. The lowest BCUT2D eigenvalue weighted by molar-refractivity contribution is -0.996. The summed E-state index contributed by atoms with van der Waals surface area (Å²) >= 11 is 0. The fourth-order valence-electron chi connectivity index (χ4n) is 1.12. The summed E-state index contributed by atoms with van der Waals surface area (Å²) in [5, 5.41) is 36.5. The number of hydrogen-bond acceptors (Lipinski definition) is 4. The van der Waals surface area contributed by atoms with Crippen LogP contribution in [0.2, 0.25) is 0 Å². The minimum absolute atomic E-state index is 0.0186. The summed E-state index contributed by atoms with van der Waals surface area (Å²) in [6, 6.07) is 2.48. The van der Waals surface area contributed by atoms with Gasteiger partial charge in [0.2, 0.25) is 0 Å². The Labute approximate surface area is 79.6 Å². The van der Waals surface area contributed by atoms with E-state index in [2.05, 4.69) is 5.73 Å². The minimum Gasteiger partial charge on any atom is -0.595 e. The number of nitrogens with one attached hydrogen (secondary N) is 2. The second-order valence-electron chi connectivity index (χ2n) is 2.92. The molecule has 0 aliphatic carbocycles. The van der Waals surface area contributed by atoms with Crippen LogP contribution in [-0.4, -0.2) is 10.4 Å². The first-order chi connectivity index (χ1) is 6.43. The fourth-order valence-corrected chi connectivity index (χ4v) is 1.12. The van der Waals surface area contributed by atoms with E-state index in [9.17, 15) is 10.4 Å². The Morgan fingerprint density at radius 2 is 1.79 bits per heavy atom. The molecule has 1 aromatic carbocycles. The van der Waals surface area contributed by atoms with Crippen molar-refractivity contribution in [3.05, 3.63) is 28.1 Å². The van der Waals surface area contributed by atoms with Gasteiger partial charge >= 0.3 is 0 Å². The van der Waals surface area contributed by atoms with Crippen molar-refractivity contribution in [2.24, 2.45) is 0 Å².